The monoisotopic (exact) mass is 291 g/mol. The van der Waals surface area contributed by atoms with Gasteiger partial charge in [0.05, 0.1) is 0 Å². The zero-order chi connectivity index (χ0) is 15.4. The largest absolute Gasteiger partial charge is 0.481 e. The van der Waals surface area contributed by atoms with E-state index in [-0.39, 0.29) is 17.6 Å². The van der Waals surface area contributed by atoms with Gasteiger partial charge in [-0.15, -0.1) is 0 Å². The molecule has 0 bridgehead atoms. The van der Waals surface area contributed by atoms with Crippen molar-refractivity contribution in [1.82, 2.24) is 0 Å². The van der Waals surface area contributed by atoms with E-state index in [4.69, 9.17) is 10.5 Å². The summed E-state index contributed by atoms with van der Waals surface area (Å²) in [6, 6.07) is 10.3. The second-order valence-corrected chi connectivity index (χ2v) is 5.10. The molecule has 0 amide bonds. The maximum Gasteiger partial charge on any atom is 0.165 e. The molecule has 0 saturated carbocycles. The summed E-state index contributed by atoms with van der Waals surface area (Å²) in [7, 11) is 0. The Hall–Kier alpha value is -1.94. The average molecular weight is 291 g/mol. The average Bonchev–Trinajstić information content (AvgIpc) is 2.48. The summed E-state index contributed by atoms with van der Waals surface area (Å²) >= 11 is 0. The van der Waals surface area contributed by atoms with E-state index in [1.807, 2.05) is 13.8 Å². The van der Waals surface area contributed by atoms with Crippen LogP contribution in [-0.2, 0) is 0 Å². The highest BCUT2D eigenvalue weighted by atomic mass is 19.1. The molecule has 21 heavy (non-hydrogen) atoms. The van der Waals surface area contributed by atoms with Crippen LogP contribution in [0.1, 0.15) is 30.6 Å². The van der Waals surface area contributed by atoms with Crippen LogP contribution >= 0.6 is 0 Å². The smallest absolute Gasteiger partial charge is 0.165 e. The Bertz CT molecular complexity index is 598. The molecule has 0 fully saturated rings. The van der Waals surface area contributed by atoms with E-state index in [2.05, 4.69) is 0 Å². The van der Waals surface area contributed by atoms with E-state index in [0.717, 1.165) is 11.1 Å². The highest BCUT2D eigenvalue weighted by Crippen LogP contribution is 2.28. The Morgan fingerprint density at radius 1 is 1.10 bits per heavy atom. The number of rotatable bonds is 5. The molecule has 0 radical (unpaired) electrons. The van der Waals surface area contributed by atoms with Crippen LogP contribution in [0.5, 0.6) is 5.75 Å². The molecule has 2 unspecified atom stereocenters. The third-order valence-corrected chi connectivity index (χ3v) is 3.40. The van der Waals surface area contributed by atoms with Crippen LogP contribution in [0.15, 0.2) is 42.5 Å². The molecule has 4 heteroatoms. The first-order chi connectivity index (χ1) is 10.0. The van der Waals surface area contributed by atoms with Gasteiger partial charge in [0.25, 0.3) is 0 Å². The van der Waals surface area contributed by atoms with Crippen LogP contribution in [0.25, 0.3) is 0 Å². The molecule has 112 valence electrons. The van der Waals surface area contributed by atoms with Crippen molar-refractivity contribution in [2.45, 2.75) is 32.4 Å². The molecule has 0 saturated heterocycles. The van der Waals surface area contributed by atoms with E-state index < -0.39 is 11.9 Å². The van der Waals surface area contributed by atoms with Gasteiger partial charge in [-0.2, -0.15) is 0 Å². The lowest BCUT2D eigenvalue weighted by Crippen LogP contribution is -2.31. The number of benzene rings is 2. The first-order valence-corrected chi connectivity index (χ1v) is 6.95. The third-order valence-electron chi connectivity index (χ3n) is 3.40. The minimum Gasteiger partial charge on any atom is -0.481 e. The molecular formula is C17H19F2NO. The Labute approximate surface area is 123 Å². The Morgan fingerprint density at radius 3 is 2.38 bits per heavy atom. The number of hydrogen-bond donors (Lipinski definition) is 1. The molecular weight excluding hydrogens is 272 g/mol. The summed E-state index contributed by atoms with van der Waals surface area (Å²) in [6.45, 7) is 3.79. The maximum atomic E-state index is 13.9. The molecule has 0 aliphatic rings. The van der Waals surface area contributed by atoms with Gasteiger partial charge in [0.2, 0.25) is 0 Å². The molecule has 0 spiro atoms. The molecule has 0 aliphatic heterocycles. The fourth-order valence-electron chi connectivity index (χ4n) is 2.11. The lowest BCUT2D eigenvalue weighted by molar-refractivity contribution is 0.163. The zero-order valence-corrected chi connectivity index (χ0v) is 12.1. The first kappa shape index (κ1) is 15.4. The van der Waals surface area contributed by atoms with Gasteiger partial charge in [-0.25, -0.2) is 8.78 Å². The maximum absolute atomic E-state index is 13.9. The fourth-order valence-corrected chi connectivity index (χ4v) is 2.11. The van der Waals surface area contributed by atoms with Gasteiger partial charge in [-0.3, -0.25) is 0 Å². The highest BCUT2D eigenvalue weighted by Gasteiger charge is 2.22. The van der Waals surface area contributed by atoms with E-state index in [1.54, 1.807) is 24.3 Å². The van der Waals surface area contributed by atoms with Gasteiger partial charge in [0, 0.05) is 6.04 Å². The fraction of sp³-hybridized carbons (Fsp3) is 0.294. The number of hydrogen-bond acceptors (Lipinski definition) is 2. The second kappa shape index (κ2) is 6.68. The summed E-state index contributed by atoms with van der Waals surface area (Å²) < 4.78 is 32.7. The topological polar surface area (TPSA) is 35.2 Å². The second-order valence-electron chi connectivity index (χ2n) is 5.10. The van der Waals surface area contributed by atoms with Crippen molar-refractivity contribution in [3.63, 3.8) is 0 Å². The molecule has 2 rings (SSSR count). The van der Waals surface area contributed by atoms with Gasteiger partial charge in [0.15, 0.2) is 11.6 Å². The van der Waals surface area contributed by atoms with Crippen LogP contribution < -0.4 is 10.5 Å². The van der Waals surface area contributed by atoms with Crippen LogP contribution in [-0.4, -0.2) is 6.04 Å². The molecule has 0 aliphatic carbocycles. The number of halogens is 2. The summed E-state index contributed by atoms with van der Waals surface area (Å²) in [6.07, 6.45) is 0.141. The summed E-state index contributed by atoms with van der Waals surface area (Å²) in [5, 5.41) is 0. The number of aryl methyl sites for hydroxylation is 1. The van der Waals surface area contributed by atoms with Crippen LogP contribution in [0.3, 0.4) is 0 Å². The minimum absolute atomic E-state index is 0.160. The predicted molar refractivity (Wildman–Crippen MR) is 79.2 cm³/mol. The SMILES string of the molecule is CCC(N)C(Oc1cc(C)ccc1F)c1ccc(F)cc1. The molecule has 2 atom stereocenters. The van der Waals surface area contributed by atoms with Crippen LogP contribution in [0, 0.1) is 18.6 Å². The standard InChI is InChI=1S/C17H19F2NO/c1-3-15(20)17(12-5-7-13(18)8-6-12)21-16-10-11(2)4-9-14(16)19/h4-10,15,17H,3,20H2,1-2H3. The molecule has 2 nitrogen and oxygen atoms in total. The van der Waals surface area contributed by atoms with E-state index in [0.29, 0.717) is 6.42 Å². The molecule has 2 N–H and O–H groups in total. The van der Waals surface area contributed by atoms with Crippen molar-refractivity contribution in [3.05, 3.63) is 65.2 Å². The van der Waals surface area contributed by atoms with Crippen molar-refractivity contribution in [2.75, 3.05) is 0 Å². The van der Waals surface area contributed by atoms with Crippen molar-refractivity contribution in [2.24, 2.45) is 5.73 Å². The van der Waals surface area contributed by atoms with Gasteiger partial charge >= 0.3 is 0 Å². The molecule has 2 aromatic rings. The Morgan fingerprint density at radius 2 is 1.76 bits per heavy atom. The summed E-state index contributed by atoms with van der Waals surface area (Å²) in [5.41, 5.74) is 7.71. The van der Waals surface area contributed by atoms with Crippen molar-refractivity contribution in [3.8, 4) is 5.75 Å². The number of nitrogens with two attached hydrogens (primary N) is 1. The van der Waals surface area contributed by atoms with E-state index in [1.165, 1.54) is 18.2 Å². The number of ether oxygens (including phenoxy) is 1. The third kappa shape index (κ3) is 3.79. The predicted octanol–water partition coefficient (Wildman–Crippen LogP) is 4.13. The van der Waals surface area contributed by atoms with E-state index in [9.17, 15) is 8.78 Å². The van der Waals surface area contributed by atoms with Crippen LogP contribution in [0.2, 0.25) is 0 Å². The Kier molecular flexibility index (Phi) is 4.91. The van der Waals surface area contributed by atoms with Crippen molar-refractivity contribution < 1.29 is 13.5 Å². The van der Waals surface area contributed by atoms with Crippen LogP contribution in [0.4, 0.5) is 8.78 Å². The lowest BCUT2D eigenvalue weighted by atomic mass is 10.0. The van der Waals surface area contributed by atoms with Gasteiger partial charge < -0.3 is 10.5 Å². The summed E-state index contributed by atoms with van der Waals surface area (Å²) in [4.78, 5) is 0. The zero-order valence-electron chi connectivity index (χ0n) is 12.1. The molecule has 2 aromatic carbocycles. The summed E-state index contributed by atoms with van der Waals surface area (Å²) in [5.74, 6) is -0.603. The van der Waals surface area contributed by atoms with E-state index >= 15 is 0 Å². The molecule has 0 heterocycles. The van der Waals surface area contributed by atoms with Crippen molar-refractivity contribution in [1.29, 1.82) is 0 Å². The minimum atomic E-state index is -0.521. The van der Waals surface area contributed by atoms with Crippen molar-refractivity contribution >= 4 is 0 Å². The van der Waals surface area contributed by atoms with Gasteiger partial charge in [-0.1, -0.05) is 25.1 Å². The van der Waals surface area contributed by atoms with Gasteiger partial charge in [0.1, 0.15) is 11.9 Å². The first-order valence-electron chi connectivity index (χ1n) is 6.95. The normalized spacial score (nSPS) is 13.8. The highest BCUT2D eigenvalue weighted by molar-refractivity contribution is 5.31. The van der Waals surface area contributed by atoms with Gasteiger partial charge in [-0.05, 0) is 48.7 Å². The quantitative estimate of drug-likeness (QED) is 0.899. The lowest BCUT2D eigenvalue weighted by Gasteiger charge is -2.25. The Balaban J connectivity index is 2.32. The molecule has 0 aromatic heterocycles.